The molecule has 0 spiro atoms. The summed E-state index contributed by atoms with van der Waals surface area (Å²) in [6, 6.07) is 10.1. The fourth-order valence-corrected chi connectivity index (χ4v) is 2.18. The van der Waals surface area contributed by atoms with Gasteiger partial charge >= 0.3 is 0 Å². The van der Waals surface area contributed by atoms with Gasteiger partial charge in [0, 0.05) is 18.9 Å². The SMILES string of the molecule is CO\C([O-])=C1/CCCC/[N+]1=C\C=C\c1ccccc1. The number of nitrogens with zero attached hydrogens (tertiary/aromatic N) is 1. The zero-order valence-electron chi connectivity index (χ0n) is 11.2. The first-order valence-corrected chi connectivity index (χ1v) is 6.58. The van der Waals surface area contributed by atoms with Gasteiger partial charge in [0.05, 0.1) is 0 Å². The van der Waals surface area contributed by atoms with Crippen molar-refractivity contribution in [3.63, 3.8) is 0 Å². The molecule has 0 unspecified atom stereocenters. The van der Waals surface area contributed by atoms with E-state index in [2.05, 4.69) is 0 Å². The lowest BCUT2D eigenvalue weighted by Gasteiger charge is -2.17. The van der Waals surface area contributed by atoms with Gasteiger partial charge in [-0.05, 0) is 25.2 Å². The van der Waals surface area contributed by atoms with Crippen molar-refractivity contribution in [2.24, 2.45) is 0 Å². The van der Waals surface area contributed by atoms with Crippen LogP contribution in [0.25, 0.3) is 6.08 Å². The van der Waals surface area contributed by atoms with E-state index in [1.54, 1.807) is 0 Å². The largest absolute Gasteiger partial charge is 0.612 e. The number of ether oxygens (including phenoxy) is 1. The molecule has 19 heavy (non-hydrogen) atoms. The predicted molar refractivity (Wildman–Crippen MR) is 74.6 cm³/mol. The molecule has 1 heterocycles. The van der Waals surface area contributed by atoms with E-state index in [1.807, 2.05) is 53.3 Å². The van der Waals surface area contributed by atoms with Crippen LogP contribution >= 0.6 is 0 Å². The summed E-state index contributed by atoms with van der Waals surface area (Å²) in [5, 5.41) is 11.7. The Labute approximate surface area is 114 Å². The van der Waals surface area contributed by atoms with Crippen LogP contribution in [-0.2, 0) is 4.74 Å². The zero-order chi connectivity index (χ0) is 13.5. The summed E-state index contributed by atoms with van der Waals surface area (Å²) in [7, 11) is 1.43. The number of benzene rings is 1. The number of hydrogen-bond acceptors (Lipinski definition) is 2. The van der Waals surface area contributed by atoms with Crippen molar-refractivity contribution in [1.29, 1.82) is 0 Å². The van der Waals surface area contributed by atoms with Crippen molar-refractivity contribution in [2.45, 2.75) is 19.3 Å². The number of piperidine rings is 1. The van der Waals surface area contributed by atoms with Gasteiger partial charge in [-0.2, -0.15) is 0 Å². The van der Waals surface area contributed by atoms with Gasteiger partial charge in [0.2, 0.25) is 5.70 Å². The van der Waals surface area contributed by atoms with Gasteiger partial charge < -0.3 is 9.84 Å². The summed E-state index contributed by atoms with van der Waals surface area (Å²) < 4.78 is 6.82. The summed E-state index contributed by atoms with van der Waals surface area (Å²) in [5.74, 6) is -0.218. The molecular formula is C16H19NO2. The van der Waals surface area contributed by atoms with E-state index in [-0.39, 0.29) is 5.95 Å². The first-order valence-electron chi connectivity index (χ1n) is 6.58. The van der Waals surface area contributed by atoms with E-state index in [0.29, 0.717) is 0 Å². The van der Waals surface area contributed by atoms with Crippen molar-refractivity contribution in [3.05, 3.63) is 53.6 Å². The van der Waals surface area contributed by atoms with E-state index in [0.717, 1.165) is 37.1 Å². The molecule has 0 bridgehead atoms. The lowest BCUT2D eigenvalue weighted by Crippen LogP contribution is -2.24. The average molecular weight is 257 g/mol. The molecule has 0 aromatic heterocycles. The first-order chi connectivity index (χ1) is 9.31. The van der Waals surface area contributed by atoms with E-state index in [1.165, 1.54) is 7.11 Å². The van der Waals surface area contributed by atoms with Crippen LogP contribution in [0.5, 0.6) is 0 Å². The second-order valence-corrected chi connectivity index (χ2v) is 4.51. The number of hydrogen-bond donors (Lipinski definition) is 0. The minimum atomic E-state index is -0.218. The highest BCUT2D eigenvalue weighted by molar-refractivity contribution is 5.75. The minimum absolute atomic E-state index is 0.218. The Morgan fingerprint density at radius 1 is 1.26 bits per heavy atom. The van der Waals surface area contributed by atoms with Gasteiger partial charge in [0.1, 0.15) is 12.5 Å². The van der Waals surface area contributed by atoms with Crippen LogP contribution in [0.3, 0.4) is 0 Å². The van der Waals surface area contributed by atoms with Crippen LogP contribution < -0.4 is 5.11 Å². The molecular weight excluding hydrogens is 238 g/mol. The lowest BCUT2D eigenvalue weighted by molar-refractivity contribution is -0.502. The molecule has 1 saturated heterocycles. The Morgan fingerprint density at radius 3 is 2.79 bits per heavy atom. The van der Waals surface area contributed by atoms with E-state index >= 15 is 0 Å². The topological polar surface area (TPSA) is 35.3 Å². The van der Waals surface area contributed by atoms with Crippen LogP contribution in [0.2, 0.25) is 0 Å². The highest BCUT2D eigenvalue weighted by atomic mass is 16.6. The summed E-state index contributed by atoms with van der Waals surface area (Å²) in [4.78, 5) is 0. The molecule has 0 amide bonds. The zero-order valence-corrected chi connectivity index (χ0v) is 11.2. The normalized spacial score (nSPS) is 20.8. The standard InChI is InChI=1S/C16H19NO2/c1-19-16(18)15-11-5-6-12-17(15)13-7-10-14-8-3-2-4-9-14/h2-4,7-10,13H,5-6,11-12H2,1H3/b10-7+,16-15+,17-13+. The van der Waals surface area contributed by atoms with E-state index < -0.39 is 0 Å². The van der Waals surface area contributed by atoms with Crippen molar-refractivity contribution in [3.8, 4) is 0 Å². The van der Waals surface area contributed by atoms with Gasteiger partial charge in [-0.15, -0.1) is 0 Å². The molecule has 1 aliphatic heterocycles. The molecule has 0 N–H and O–H groups in total. The minimum Gasteiger partial charge on any atom is -0.612 e. The molecule has 3 heteroatoms. The number of allylic oxidation sites excluding steroid dienone is 2. The van der Waals surface area contributed by atoms with Crippen molar-refractivity contribution >= 4 is 12.3 Å². The number of methoxy groups -OCH3 is 1. The first kappa shape index (κ1) is 13.4. The molecule has 0 atom stereocenters. The summed E-state index contributed by atoms with van der Waals surface area (Å²) >= 11 is 0. The maximum Gasteiger partial charge on any atom is 0.203 e. The predicted octanol–water partition coefficient (Wildman–Crippen LogP) is 2.14. The van der Waals surface area contributed by atoms with Gasteiger partial charge in [-0.3, -0.25) is 0 Å². The second kappa shape index (κ2) is 6.78. The Morgan fingerprint density at radius 2 is 2.05 bits per heavy atom. The molecule has 0 radical (unpaired) electrons. The molecule has 0 saturated carbocycles. The summed E-state index contributed by atoms with van der Waals surface area (Å²) in [6.07, 6.45) is 8.92. The van der Waals surface area contributed by atoms with Gasteiger partial charge in [0.25, 0.3) is 0 Å². The van der Waals surface area contributed by atoms with Crippen LogP contribution in [0.15, 0.2) is 48.1 Å². The van der Waals surface area contributed by atoms with Gasteiger partial charge in [-0.1, -0.05) is 30.3 Å². The van der Waals surface area contributed by atoms with Crippen molar-refractivity contribution < 1.29 is 14.4 Å². The molecule has 2 rings (SSSR count). The molecule has 1 aromatic rings. The van der Waals surface area contributed by atoms with Crippen LogP contribution in [0, 0.1) is 0 Å². The molecule has 1 fully saturated rings. The maximum absolute atomic E-state index is 11.7. The summed E-state index contributed by atoms with van der Waals surface area (Å²) in [5.41, 5.74) is 1.90. The Kier molecular flexibility index (Phi) is 4.78. The summed E-state index contributed by atoms with van der Waals surface area (Å²) in [6.45, 7) is 0.879. The Hall–Kier alpha value is -2.03. The fourth-order valence-electron chi connectivity index (χ4n) is 2.18. The second-order valence-electron chi connectivity index (χ2n) is 4.51. The molecule has 3 nitrogen and oxygen atoms in total. The third-order valence-corrected chi connectivity index (χ3v) is 3.18. The number of rotatable bonds is 3. The van der Waals surface area contributed by atoms with E-state index in [4.69, 9.17) is 4.74 Å². The molecule has 1 aromatic carbocycles. The lowest BCUT2D eigenvalue weighted by atomic mass is 10.1. The van der Waals surface area contributed by atoms with Crippen LogP contribution in [0.1, 0.15) is 24.8 Å². The van der Waals surface area contributed by atoms with Gasteiger partial charge in [-0.25, -0.2) is 4.58 Å². The quantitative estimate of drug-likeness (QED) is 0.614. The Bertz CT molecular complexity index is 501. The third-order valence-electron chi connectivity index (χ3n) is 3.18. The fraction of sp³-hybridized carbons (Fsp3) is 0.312. The monoisotopic (exact) mass is 257 g/mol. The van der Waals surface area contributed by atoms with E-state index in [9.17, 15) is 5.11 Å². The third kappa shape index (κ3) is 3.71. The maximum atomic E-state index is 11.7. The average Bonchev–Trinajstić information content (AvgIpc) is 2.48. The molecule has 0 aliphatic carbocycles. The molecule has 100 valence electrons. The van der Waals surface area contributed by atoms with Crippen molar-refractivity contribution in [2.75, 3.05) is 13.7 Å². The highest BCUT2D eigenvalue weighted by Gasteiger charge is 2.19. The smallest absolute Gasteiger partial charge is 0.203 e. The van der Waals surface area contributed by atoms with Crippen LogP contribution in [0.4, 0.5) is 0 Å². The Balaban J connectivity index is 2.15. The highest BCUT2D eigenvalue weighted by Crippen LogP contribution is 2.17. The van der Waals surface area contributed by atoms with Crippen LogP contribution in [-0.4, -0.2) is 24.4 Å². The molecule has 1 aliphatic rings. The van der Waals surface area contributed by atoms with Gasteiger partial charge in [0.15, 0.2) is 6.21 Å². The van der Waals surface area contributed by atoms with Crippen molar-refractivity contribution in [1.82, 2.24) is 0 Å².